The fourth-order valence-electron chi connectivity index (χ4n) is 1.39. The molecule has 0 unspecified atom stereocenters. The lowest BCUT2D eigenvalue weighted by Crippen LogP contribution is -2.26. The van der Waals surface area contributed by atoms with Crippen molar-refractivity contribution >= 4 is 11.8 Å². The highest BCUT2D eigenvalue weighted by molar-refractivity contribution is 8.00. The molecular formula is C13H18F3NS. The molecule has 0 spiro atoms. The van der Waals surface area contributed by atoms with Gasteiger partial charge in [0.1, 0.15) is 0 Å². The summed E-state index contributed by atoms with van der Waals surface area (Å²) in [5.74, 6) is 0. The summed E-state index contributed by atoms with van der Waals surface area (Å²) in [6, 6.07) is 6.46. The number of nitrogens with one attached hydrogen (secondary N) is 1. The van der Waals surface area contributed by atoms with Crippen LogP contribution in [0.4, 0.5) is 13.2 Å². The summed E-state index contributed by atoms with van der Waals surface area (Å²) in [6.07, 6.45) is 0. The summed E-state index contributed by atoms with van der Waals surface area (Å²) in [4.78, 5) is 0.224. The fraction of sp³-hybridized carbons (Fsp3) is 0.538. The predicted molar refractivity (Wildman–Crippen MR) is 69.5 cm³/mol. The van der Waals surface area contributed by atoms with E-state index in [1.807, 2.05) is 0 Å². The van der Waals surface area contributed by atoms with E-state index in [0.717, 1.165) is 12.1 Å². The minimum atomic E-state index is -4.22. The fourth-order valence-corrected chi connectivity index (χ4v) is 1.93. The number of halogens is 3. The van der Waals surface area contributed by atoms with Gasteiger partial charge in [0.2, 0.25) is 0 Å². The maximum Gasteiger partial charge on any atom is 0.446 e. The first-order valence-corrected chi connectivity index (χ1v) is 6.53. The van der Waals surface area contributed by atoms with Crippen LogP contribution < -0.4 is 5.32 Å². The zero-order valence-corrected chi connectivity index (χ0v) is 11.6. The van der Waals surface area contributed by atoms with Crippen molar-refractivity contribution in [3.63, 3.8) is 0 Å². The van der Waals surface area contributed by atoms with Crippen LogP contribution in [0.5, 0.6) is 0 Å². The standard InChI is InChI=1S/C13H18F3NS/c1-12(2,3)9-17-8-10-4-6-11(7-5-10)18-13(14,15)16/h4-7,17H,8-9H2,1-3H3. The Morgan fingerprint density at radius 1 is 1.06 bits per heavy atom. The molecule has 0 bridgehead atoms. The average molecular weight is 277 g/mol. The molecule has 0 heterocycles. The zero-order valence-electron chi connectivity index (χ0n) is 10.8. The van der Waals surface area contributed by atoms with Gasteiger partial charge in [-0.25, -0.2) is 0 Å². The smallest absolute Gasteiger partial charge is 0.312 e. The van der Waals surface area contributed by atoms with Gasteiger partial charge in [0.25, 0.3) is 0 Å². The Hall–Kier alpha value is -0.680. The van der Waals surface area contributed by atoms with Gasteiger partial charge >= 0.3 is 5.51 Å². The summed E-state index contributed by atoms with van der Waals surface area (Å²) >= 11 is -0.0829. The van der Waals surface area contributed by atoms with Crippen LogP contribution in [0.15, 0.2) is 29.2 Å². The van der Waals surface area contributed by atoms with Gasteiger partial charge in [-0.2, -0.15) is 13.2 Å². The number of alkyl halides is 3. The van der Waals surface area contributed by atoms with E-state index in [4.69, 9.17) is 0 Å². The Morgan fingerprint density at radius 3 is 2.06 bits per heavy atom. The van der Waals surface area contributed by atoms with E-state index in [0.29, 0.717) is 6.54 Å². The minimum absolute atomic E-state index is 0.0829. The van der Waals surface area contributed by atoms with E-state index in [-0.39, 0.29) is 22.1 Å². The second-order valence-electron chi connectivity index (χ2n) is 5.36. The van der Waals surface area contributed by atoms with Crippen molar-refractivity contribution in [2.75, 3.05) is 6.54 Å². The van der Waals surface area contributed by atoms with Crippen molar-refractivity contribution in [3.05, 3.63) is 29.8 Å². The van der Waals surface area contributed by atoms with Crippen LogP contribution in [-0.2, 0) is 6.54 Å². The van der Waals surface area contributed by atoms with Crippen molar-refractivity contribution in [2.45, 2.75) is 37.7 Å². The lowest BCUT2D eigenvalue weighted by molar-refractivity contribution is -0.0328. The van der Waals surface area contributed by atoms with E-state index in [9.17, 15) is 13.2 Å². The van der Waals surface area contributed by atoms with Crippen LogP contribution in [-0.4, -0.2) is 12.1 Å². The molecule has 1 aromatic rings. The van der Waals surface area contributed by atoms with Crippen molar-refractivity contribution < 1.29 is 13.2 Å². The third kappa shape index (κ3) is 6.91. The monoisotopic (exact) mass is 277 g/mol. The summed E-state index contributed by atoms with van der Waals surface area (Å²) < 4.78 is 36.4. The Bertz CT molecular complexity index is 365. The molecular weight excluding hydrogens is 259 g/mol. The number of hydrogen-bond donors (Lipinski definition) is 1. The van der Waals surface area contributed by atoms with Gasteiger partial charge in [0, 0.05) is 18.0 Å². The highest BCUT2D eigenvalue weighted by atomic mass is 32.2. The molecule has 0 atom stereocenters. The number of rotatable bonds is 4. The molecule has 0 radical (unpaired) electrons. The second kappa shape index (κ2) is 5.97. The Morgan fingerprint density at radius 2 is 1.61 bits per heavy atom. The first kappa shape index (κ1) is 15.4. The van der Waals surface area contributed by atoms with E-state index >= 15 is 0 Å². The van der Waals surface area contributed by atoms with Crippen LogP contribution >= 0.6 is 11.8 Å². The molecule has 1 nitrogen and oxygen atoms in total. The van der Waals surface area contributed by atoms with Gasteiger partial charge in [-0.1, -0.05) is 32.9 Å². The molecule has 102 valence electrons. The van der Waals surface area contributed by atoms with Crippen LogP contribution in [0.1, 0.15) is 26.3 Å². The molecule has 1 rings (SSSR count). The molecule has 5 heteroatoms. The maximum atomic E-state index is 12.1. The molecule has 0 aliphatic heterocycles. The minimum Gasteiger partial charge on any atom is -0.312 e. The first-order valence-electron chi connectivity index (χ1n) is 5.71. The van der Waals surface area contributed by atoms with Crippen molar-refractivity contribution in [1.82, 2.24) is 5.32 Å². The molecule has 0 fully saturated rings. The van der Waals surface area contributed by atoms with E-state index in [1.54, 1.807) is 12.1 Å². The number of thioether (sulfide) groups is 1. The van der Waals surface area contributed by atoms with Gasteiger partial charge in [-0.05, 0) is 34.9 Å². The molecule has 0 amide bonds. The largest absolute Gasteiger partial charge is 0.446 e. The lowest BCUT2D eigenvalue weighted by Gasteiger charge is -2.18. The molecule has 0 aliphatic rings. The van der Waals surface area contributed by atoms with Crippen LogP contribution in [0.2, 0.25) is 0 Å². The molecule has 1 aromatic carbocycles. The van der Waals surface area contributed by atoms with Gasteiger partial charge in [-0.15, -0.1) is 0 Å². The third-order valence-corrected chi connectivity index (χ3v) is 2.88. The second-order valence-corrected chi connectivity index (χ2v) is 6.49. The van der Waals surface area contributed by atoms with Crippen molar-refractivity contribution in [3.8, 4) is 0 Å². The predicted octanol–water partition coefficient (Wildman–Crippen LogP) is 4.43. The Kier molecular flexibility index (Phi) is 5.10. The molecule has 1 N–H and O–H groups in total. The highest BCUT2D eigenvalue weighted by Gasteiger charge is 2.28. The van der Waals surface area contributed by atoms with Gasteiger partial charge in [0.05, 0.1) is 0 Å². The van der Waals surface area contributed by atoms with Gasteiger partial charge < -0.3 is 5.32 Å². The topological polar surface area (TPSA) is 12.0 Å². The van der Waals surface area contributed by atoms with Crippen LogP contribution in [0, 0.1) is 5.41 Å². The highest BCUT2D eigenvalue weighted by Crippen LogP contribution is 2.36. The average Bonchev–Trinajstić information content (AvgIpc) is 2.16. The summed E-state index contributed by atoms with van der Waals surface area (Å²) in [5, 5.41) is 3.28. The van der Waals surface area contributed by atoms with E-state index in [2.05, 4.69) is 26.1 Å². The van der Waals surface area contributed by atoms with E-state index < -0.39 is 5.51 Å². The summed E-state index contributed by atoms with van der Waals surface area (Å²) in [7, 11) is 0. The molecule has 0 saturated carbocycles. The van der Waals surface area contributed by atoms with Crippen molar-refractivity contribution in [1.29, 1.82) is 0 Å². The third-order valence-electron chi connectivity index (χ3n) is 2.14. The molecule has 0 saturated heterocycles. The van der Waals surface area contributed by atoms with E-state index in [1.165, 1.54) is 12.1 Å². The zero-order chi connectivity index (χ0) is 13.8. The van der Waals surface area contributed by atoms with Gasteiger partial charge in [0.15, 0.2) is 0 Å². The normalized spacial score (nSPS) is 12.8. The maximum absolute atomic E-state index is 12.1. The van der Waals surface area contributed by atoms with Crippen molar-refractivity contribution in [2.24, 2.45) is 5.41 Å². The molecule has 18 heavy (non-hydrogen) atoms. The summed E-state index contributed by atoms with van der Waals surface area (Å²) in [6.45, 7) is 7.93. The SMILES string of the molecule is CC(C)(C)CNCc1ccc(SC(F)(F)F)cc1. The summed E-state index contributed by atoms with van der Waals surface area (Å²) in [5.41, 5.74) is -3.02. The molecule has 0 aromatic heterocycles. The Labute approximate surface area is 110 Å². The number of hydrogen-bond acceptors (Lipinski definition) is 2. The Balaban J connectivity index is 2.46. The number of benzene rings is 1. The van der Waals surface area contributed by atoms with Gasteiger partial charge in [-0.3, -0.25) is 0 Å². The molecule has 0 aliphatic carbocycles. The quantitative estimate of drug-likeness (QED) is 0.817. The van der Waals surface area contributed by atoms with Crippen LogP contribution in [0.3, 0.4) is 0 Å². The van der Waals surface area contributed by atoms with Crippen LogP contribution in [0.25, 0.3) is 0 Å². The first-order chi connectivity index (χ1) is 8.16. The lowest BCUT2D eigenvalue weighted by atomic mass is 9.97.